The molecule has 0 aliphatic rings. The summed E-state index contributed by atoms with van der Waals surface area (Å²) in [6, 6.07) is 21.2. The minimum absolute atomic E-state index is 0.0485. The Labute approximate surface area is 176 Å². The highest BCUT2D eigenvalue weighted by molar-refractivity contribution is 6.07. The van der Waals surface area contributed by atoms with Crippen LogP contribution in [0.4, 0.5) is 0 Å². The van der Waals surface area contributed by atoms with E-state index in [0.29, 0.717) is 18.7 Å². The molecule has 1 amide bonds. The molecule has 4 aromatic rings. The van der Waals surface area contributed by atoms with E-state index in [-0.39, 0.29) is 5.91 Å². The Kier molecular flexibility index (Phi) is 5.70. The van der Waals surface area contributed by atoms with Gasteiger partial charge < -0.3 is 9.64 Å². The molecule has 0 unspecified atom stereocenters. The molecule has 30 heavy (non-hydrogen) atoms. The summed E-state index contributed by atoms with van der Waals surface area (Å²) < 4.78 is 5.49. The largest absolute Gasteiger partial charge is 0.494 e. The van der Waals surface area contributed by atoms with Crippen molar-refractivity contribution in [3.05, 3.63) is 90.3 Å². The van der Waals surface area contributed by atoms with E-state index < -0.39 is 0 Å². The van der Waals surface area contributed by atoms with Crippen molar-refractivity contribution in [3.8, 4) is 17.0 Å². The highest BCUT2D eigenvalue weighted by Crippen LogP contribution is 2.25. The molecular formula is C25H23N3O2. The van der Waals surface area contributed by atoms with Crippen molar-refractivity contribution in [2.24, 2.45) is 0 Å². The van der Waals surface area contributed by atoms with E-state index in [4.69, 9.17) is 9.72 Å². The maximum absolute atomic E-state index is 13.4. The maximum Gasteiger partial charge on any atom is 0.254 e. The Hall–Kier alpha value is -3.73. The lowest BCUT2D eigenvalue weighted by Gasteiger charge is -2.19. The van der Waals surface area contributed by atoms with Crippen LogP contribution in [0.3, 0.4) is 0 Å². The molecule has 0 radical (unpaired) electrons. The number of hydrogen-bond acceptors (Lipinski definition) is 4. The fraction of sp³-hybridized carbons (Fsp3) is 0.160. The van der Waals surface area contributed by atoms with Crippen LogP contribution in [0.1, 0.15) is 22.8 Å². The van der Waals surface area contributed by atoms with Gasteiger partial charge in [-0.05, 0) is 48.9 Å². The van der Waals surface area contributed by atoms with E-state index in [2.05, 4.69) is 4.98 Å². The molecule has 0 aliphatic heterocycles. The van der Waals surface area contributed by atoms with Crippen molar-refractivity contribution in [2.75, 3.05) is 13.7 Å². The molecule has 2 aromatic carbocycles. The Bertz CT molecular complexity index is 1160. The summed E-state index contributed by atoms with van der Waals surface area (Å²) in [4.78, 5) is 24.0. The summed E-state index contributed by atoms with van der Waals surface area (Å²) in [5, 5.41) is 0.841. The number of hydrogen-bond donors (Lipinski definition) is 0. The Morgan fingerprint density at radius 2 is 1.83 bits per heavy atom. The third-order valence-corrected chi connectivity index (χ3v) is 4.90. The number of carbonyl (C=O) groups excluding carboxylic acids is 1. The molecular weight excluding hydrogens is 374 g/mol. The highest BCUT2D eigenvalue weighted by Gasteiger charge is 2.18. The standard InChI is InChI=1S/C25H23N3O2/c1-3-30-20-12-10-18(11-13-20)17-28(2)25(29)22-15-24(19-7-6-14-26-16-19)27-23-9-5-4-8-21(22)23/h4-16H,3,17H2,1-2H3. The van der Waals surface area contributed by atoms with Gasteiger partial charge >= 0.3 is 0 Å². The number of aromatic nitrogens is 2. The molecule has 0 saturated heterocycles. The van der Waals surface area contributed by atoms with Gasteiger partial charge in [-0.15, -0.1) is 0 Å². The van der Waals surface area contributed by atoms with E-state index in [1.807, 2.05) is 80.7 Å². The smallest absolute Gasteiger partial charge is 0.254 e. The predicted molar refractivity (Wildman–Crippen MR) is 118 cm³/mol. The van der Waals surface area contributed by atoms with Gasteiger partial charge in [0, 0.05) is 36.9 Å². The van der Waals surface area contributed by atoms with Crippen molar-refractivity contribution in [1.82, 2.24) is 14.9 Å². The number of pyridine rings is 2. The number of ether oxygens (including phenoxy) is 1. The molecule has 0 bridgehead atoms. The minimum atomic E-state index is -0.0485. The third kappa shape index (κ3) is 4.15. The van der Waals surface area contributed by atoms with E-state index in [0.717, 1.165) is 33.5 Å². The van der Waals surface area contributed by atoms with Crippen molar-refractivity contribution < 1.29 is 9.53 Å². The molecule has 0 saturated carbocycles. The molecule has 5 nitrogen and oxygen atoms in total. The fourth-order valence-corrected chi connectivity index (χ4v) is 3.42. The van der Waals surface area contributed by atoms with E-state index >= 15 is 0 Å². The molecule has 0 atom stereocenters. The summed E-state index contributed by atoms with van der Waals surface area (Å²) in [5.41, 5.74) is 4.08. The van der Waals surface area contributed by atoms with Gasteiger partial charge in [-0.3, -0.25) is 9.78 Å². The van der Waals surface area contributed by atoms with Crippen LogP contribution < -0.4 is 4.74 Å². The number of para-hydroxylation sites is 1. The second-order valence-electron chi connectivity index (χ2n) is 7.05. The van der Waals surface area contributed by atoms with Gasteiger partial charge in [0.1, 0.15) is 5.75 Å². The molecule has 0 aliphatic carbocycles. The number of amides is 1. The molecule has 5 heteroatoms. The van der Waals surface area contributed by atoms with Gasteiger partial charge in [0.05, 0.1) is 23.4 Å². The van der Waals surface area contributed by atoms with E-state index in [9.17, 15) is 4.79 Å². The van der Waals surface area contributed by atoms with Crippen molar-refractivity contribution in [1.29, 1.82) is 0 Å². The second kappa shape index (κ2) is 8.74. The molecule has 150 valence electrons. The zero-order valence-corrected chi connectivity index (χ0v) is 17.1. The zero-order chi connectivity index (χ0) is 20.9. The first-order chi connectivity index (χ1) is 14.7. The van der Waals surface area contributed by atoms with Crippen LogP contribution in [-0.2, 0) is 6.54 Å². The van der Waals surface area contributed by atoms with Crippen LogP contribution in [0.2, 0.25) is 0 Å². The van der Waals surface area contributed by atoms with Crippen LogP contribution in [-0.4, -0.2) is 34.4 Å². The van der Waals surface area contributed by atoms with Crippen LogP contribution in [0.5, 0.6) is 5.75 Å². The van der Waals surface area contributed by atoms with Crippen LogP contribution in [0.25, 0.3) is 22.2 Å². The normalized spacial score (nSPS) is 10.7. The van der Waals surface area contributed by atoms with Crippen molar-refractivity contribution in [2.45, 2.75) is 13.5 Å². The van der Waals surface area contributed by atoms with Gasteiger partial charge in [0.15, 0.2) is 0 Å². The van der Waals surface area contributed by atoms with Crippen molar-refractivity contribution >= 4 is 16.8 Å². The highest BCUT2D eigenvalue weighted by atomic mass is 16.5. The van der Waals surface area contributed by atoms with Crippen molar-refractivity contribution in [3.63, 3.8) is 0 Å². The molecule has 4 rings (SSSR count). The predicted octanol–water partition coefficient (Wildman–Crippen LogP) is 4.97. The molecule has 2 aromatic heterocycles. The SMILES string of the molecule is CCOc1ccc(CN(C)C(=O)c2cc(-c3cccnc3)nc3ccccc23)cc1. The number of fused-ring (bicyclic) bond motifs is 1. The third-order valence-electron chi connectivity index (χ3n) is 4.90. The summed E-state index contributed by atoms with van der Waals surface area (Å²) in [6.45, 7) is 3.09. The van der Waals surface area contributed by atoms with Gasteiger partial charge in [-0.2, -0.15) is 0 Å². The molecule has 0 N–H and O–H groups in total. The maximum atomic E-state index is 13.4. The van der Waals surface area contributed by atoms with Crippen LogP contribution in [0.15, 0.2) is 79.1 Å². The summed E-state index contributed by atoms with van der Waals surface area (Å²) >= 11 is 0. The van der Waals surface area contributed by atoms with Crippen LogP contribution in [0, 0.1) is 0 Å². The monoisotopic (exact) mass is 397 g/mol. The average Bonchev–Trinajstić information content (AvgIpc) is 2.80. The van der Waals surface area contributed by atoms with E-state index in [1.165, 1.54) is 0 Å². The Morgan fingerprint density at radius 3 is 2.57 bits per heavy atom. The summed E-state index contributed by atoms with van der Waals surface area (Å²) in [7, 11) is 1.82. The summed E-state index contributed by atoms with van der Waals surface area (Å²) in [5.74, 6) is 0.782. The second-order valence-corrected chi connectivity index (χ2v) is 7.05. The van der Waals surface area contributed by atoms with Gasteiger partial charge in [0.2, 0.25) is 0 Å². The van der Waals surface area contributed by atoms with Gasteiger partial charge in [-0.1, -0.05) is 30.3 Å². The lowest BCUT2D eigenvalue weighted by atomic mass is 10.0. The van der Waals surface area contributed by atoms with Gasteiger partial charge in [-0.25, -0.2) is 4.98 Å². The van der Waals surface area contributed by atoms with E-state index in [1.54, 1.807) is 17.3 Å². The van der Waals surface area contributed by atoms with Gasteiger partial charge in [0.25, 0.3) is 5.91 Å². The first-order valence-electron chi connectivity index (χ1n) is 9.93. The summed E-state index contributed by atoms with van der Waals surface area (Å²) in [6.07, 6.45) is 3.48. The number of rotatable bonds is 6. The number of nitrogens with zero attached hydrogens (tertiary/aromatic N) is 3. The average molecular weight is 397 g/mol. The lowest BCUT2D eigenvalue weighted by Crippen LogP contribution is -2.26. The molecule has 0 fully saturated rings. The Balaban J connectivity index is 1.66. The lowest BCUT2D eigenvalue weighted by molar-refractivity contribution is 0.0787. The number of carbonyl (C=O) groups is 1. The van der Waals surface area contributed by atoms with Crippen LogP contribution >= 0.6 is 0 Å². The molecule has 2 heterocycles. The Morgan fingerprint density at radius 1 is 1.03 bits per heavy atom. The minimum Gasteiger partial charge on any atom is -0.494 e. The first-order valence-corrected chi connectivity index (χ1v) is 9.93. The topological polar surface area (TPSA) is 55.3 Å². The zero-order valence-electron chi connectivity index (χ0n) is 17.1. The molecule has 0 spiro atoms. The first kappa shape index (κ1) is 19.6. The quantitative estimate of drug-likeness (QED) is 0.461. The fourth-order valence-electron chi connectivity index (χ4n) is 3.42. The number of benzene rings is 2.